The summed E-state index contributed by atoms with van der Waals surface area (Å²) in [6.07, 6.45) is 4.94. The van der Waals surface area contributed by atoms with Gasteiger partial charge < -0.3 is 10.6 Å². The lowest BCUT2D eigenvalue weighted by Crippen LogP contribution is -2.42. The van der Waals surface area contributed by atoms with Gasteiger partial charge in [-0.3, -0.25) is 0 Å². The number of benzene rings is 1. The minimum absolute atomic E-state index is 0.422. The van der Waals surface area contributed by atoms with E-state index >= 15 is 0 Å². The summed E-state index contributed by atoms with van der Waals surface area (Å²) in [5.41, 5.74) is 1.79. The van der Waals surface area contributed by atoms with E-state index in [0.717, 1.165) is 24.5 Å². The van der Waals surface area contributed by atoms with Crippen LogP contribution in [-0.4, -0.2) is 18.5 Å². The molecule has 120 valence electrons. The molecular formula is C18H28N4. The minimum Gasteiger partial charge on any atom is -0.357 e. The number of rotatable bonds is 8. The van der Waals surface area contributed by atoms with Gasteiger partial charge in [-0.2, -0.15) is 5.26 Å². The van der Waals surface area contributed by atoms with E-state index in [1.54, 1.807) is 0 Å². The maximum absolute atomic E-state index is 8.81. The van der Waals surface area contributed by atoms with Crippen molar-refractivity contribution in [3.05, 3.63) is 35.4 Å². The molecule has 0 heterocycles. The van der Waals surface area contributed by atoms with Crippen LogP contribution in [0.5, 0.6) is 0 Å². The van der Waals surface area contributed by atoms with E-state index in [0.29, 0.717) is 18.2 Å². The molecule has 0 spiro atoms. The van der Waals surface area contributed by atoms with E-state index in [9.17, 15) is 0 Å². The Balaban J connectivity index is 2.55. The largest absolute Gasteiger partial charge is 0.357 e. The lowest BCUT2D eigenvalue weighted by molar-refractivity contribution is 0.547. The zero-order valence-electron chi connectivity index (χ0n) is 14.0. The first-order chi connectivity index (χ1) is 10.7. The quantitative estimate of drug-likeness (QED) is 0.438. The van der Waals surface area contributed by atoms with Gasteiger partial charge in [-0.15, -0.1) is 0 Å². The Morgan fingerprint density at radius 1 is 1.23 bits per heavy atom. The molecule has 1 aromatic rings. The summed E-state index contributed by atoms with van der Waals surface area (Å²) in [4.78, 5) is 4.62. The maximum atomic E-state index is 8.81. The number of hydrogen-bond acceptors (Lipinski definition) is 2. The van der Waals surface area contributed by atoms with Gasteiger partial charge in [0.05, 0.1) is 18.2 Å². The first-order valence-corrected chi connectivity index (χ1v) is 8.23. The summed E-state index contributed by atoms with van der Waals surface area (Å²) >= 11 is 0. The Morgan fingerprint density at radius 2 is 1.95 bits per heavy atom. The standard InChI is InChI=1S/C18H28N4/c1-4-6-7-8-15(3)22-18(20-5-2)21-14-17-11-9-16(13-19)10-12-17/h9-12,15H,4-8,14H2,1-3H3,(H2,20,21,22). The van der Waals surface area contributed by atoms with E-state index in [1.807, 2.05) is 24.3 Å². The third-order valence-electron chi connectivity index (χ3n) is 3.47. The average molecular weight is 300 g/mol. The molecule has 22 heavy (non-hydrogen) atoms. The van der Waals surface area contributed by atoms with Gasteiger partial charge in [0.2, 0.25) is 0 Å². The van der Waals surface area contributed by atoms with Gasteiger partial charge in [-0.1, -0.05) is 38.3 Å². The van der Waals surface area contributed by atoms with Crippen molar-refractivity contribution in [1.82, 2.24) is 10.6 Å². The van der Waals surface area contributed by atoms with Gasteiger partial charge in [0, 0.05) is 12.6 Å². The van der Waals surface area contributed by atoms with Crippen LogP contribution in [0.15, 0.2) is 29.3 Å². The predicted molar refractivity (Wildman–Crippen MR) is 92.7 cm³/mol. The molecule has 1 unspecified atom stereocenters. The number of aliphatic imine (C=N–C) groups is 1. The van der Waals surface area contributed by atoms with Gasteiger partial charge >= 0.3 is 0 Å². The Bertz CT molecular complexity index is 485. The van der Waals surface area contributed by atoms with Crippen LogP contribution in [0.2, 0.25) is 0 Å². The summed E-state index contributed by atoms with van der Waals surface area (Å²) < 4.78 is 0. The second kappa shape index (κ2) is 10.7. The van der Waals surface area contributed by atoms with E-state index in [2.05, 4.69) is 42.5 Å². The van der Waals surface area contributed by atoms with E-state index < -0.39 is 0 Å². The summed E-state index contributed by atoms with van der Waals surface area (Å²) in [5, 5.41) is 15.5. The summed E-state index contributed by atoms with van der Waals surface area (Å²) in [6, 6.07) is 10.1. The molecule has 1 atom stereocenters. The van der Waals surface area contributed by atoms with Crippen molar-refractivity contribution in [3.8, 4) is 6.07 Å². The number of unbranched alkanes of at least 4 members (excludes halogenated alkanes) is 2. The van der Waals surface area contributed by atoms with Crippen molar-refractivity contribution in [2.45, 2.75) is 59.0 Å². The van der Waals surface area contributed by atoms with Crippen LogP contribution in [0.4, 0.5) is 0 Å². The molecule has 0 bridgehead atoms. The van der Waals surface area contributed by atoms with E-state index in [1.165, 1.54) is 19.3 Å². The van der Waals surface area contributed by atoms with Crippen LogP contribution in [0.1, 0.15) is 57.6 Å². The summed E-state index contributed by atoms with van der Waals surface area (Å²) in [7, 11) is 0. The second-order valence-electron chi connectivity index (χ2n) is 5.55. The third kappa shape index (κ3) is 7.12. The van der Waals surface area contributed by atoms with Crippen LogP contribution >= 0.6 is 0 Å². The third-order valence-corrected chi connectivity index (χ3v) is 3.47. The fourth-order valence-corrected chi connectivity index (χ4v) is 2.18. The van der Waals surface area contributed by atoms with Crippen LogP contribution in [0, 0.1) is 11.3 Å². The molecule has 0 aliphatic rings. The predicted octanol–water partition coefficient (Wildman–Crippen LogP) is 3.58. The van der Waals surface area contributed by atoms with Crippen molar-refractivity contribution < 1.29 is 0 Å². The number of hydrogen-bond donors (Lipinski definition) is 2. The van der Waals surface area contributed by atoms with E-state index in [-0.39, 0.29) is 0 Å². The van der Waals surface area contributed by atoms with Crippen molar-refractivity contribution in [1.29, 1.82) is 5.26 Å². The molecule has 0 amide bonds. The Morgan fingerprint density at radius 3 is 2.55 bits per heavy atom. The molecule has 2 N–H and O–H groups in total. The Hall–Kier alpha value is -2.02. The monoisotopic (exact) mass is 300 g/mol. The van der Waals surface area contributed by atoms with Crippen molar-refractivity contribution in [2.75, 3.05) is 6.54 Å². The smallest absolute Gasteiger partial charge is 0.191 e. The highest BCUT2D eigenvalue weighted by Crippen LogP contribution is 2.05. The normalized spacial score (nSPS) is 12.5. The number of nitrogens with one attached hydrogen (secondary N) is 2. The SMILES string of the molecule is CCCCCC(C)NC(=NCc1ccc(C#N)cc1)NCC. The molecule has 0 saturated carbocycles. The Kier molecular flexibility index (Phi) is 8.74. The lowest BCUT2D eigenvalue weighted by Gasteiger charge is -2.17. The molecule has 0 aromatic heterocycles. The average Bonchev–Trinajstić information content (AvgIpc) is 2.53. The number of nitriles is 1. The fourth-order valence-electron chi connectivity index (χ4n) is 2.18. The summed E-state index contributed by atoms with van der Waals surface area (Å²) in [6.45, 7) is 7.95. The second-order valence-corrected chi connectivity index (χ2v) is 5.55. The minimum atomic E-state index is 0.422. The van der Waals surface area contributed by atoms with Crippen molar-refractivity contribution in [2.24, 2.45) is 4.99 Å². The highest BCUT2D eigenvalue weighted by Gasteiger charge is 2.04. The van der Waals surface area contributed by atoms with Crippen LogP contribution in [-0.2, 0) is 6.54 Å². The summed E-state index contributed by atoms with van der Waals surface area (Å²) in [5.74, 6) is 0.857. The fraction of sp³-hybridized carbons (Fsp3) is 0.556. The molecule has 4 nitrogen and oxygen atoms in total. The zero-order chi connectivity index (χ0) is 16.2. The van der Waals surface area contributed by atoms with Gasteiger partial charge in [-0.25, -0.2) is 4.99 Å². The maximum Gasteiger partial charge on any atom is 0.191 e. The van der Waals surface area contributed by atoms with Gasteiger partial charge in [0.1, 0.15) is 0 Å². The molecule has 4 heteroatoms. The van der Waals surface area contributed by atoms with Crippen LogP contribution in [0.25, 0.3) is 0 Å². The van der Waals surface area contributed by atoms with Crippen LogP contribution in [0.3, 0.4) is 0 Å². The first kappa shape index (κ1) is 18.0. The van der Waals surface area contributed by atoms with Crippen LogP contribution < -0.4 is 10.6 Å². The molecular weight excluding hydrogens is 272 g/mol. The van der Waals surface area contributed by atoms with Crippen molar-refractivity contribution >= 4 is 5.96 Å². The zero-order valence-corrected chi connectivity index (χ0v) is 14.0. The highest BCUT2D eigenvalue weighted by molar-refractivity contribution is 5.80. The number of nitrogens with zero attached hydrogens (tertiary/aromatic N) is 2. The molecule has 0 fully saturated rings. The molecule has 0 aliphatic heterocycles. The van der Waals surface area contributed by atoms with Gasteiger partial charge in [0.25, 0.3) is 0 Å². The number of guanidine groups is 1. The van der Waals surface area contributed by atoms with Gasteiger partial charge in [-0.05, 0) is 38.0 Å². The molecule has 0 saturated heterocycles. The molecule has 0 aliphatic carbocycles. The molecule has 1 aromatic carbocycles. The first-order valence-electron chi connectivity index (χ1n) is 8.23. The van der Waals surface area contributed by atoms with Gasteiger partial charge in [0.15, 0.2) is 5.96 Å². The molecule has 1 rings (SSSR count). The molecule has 0 radical (unpaired) electrons. The topological polar surface area (TPSA) is 60.2 Å². The lowest BCUT2D eigenvalue weighted by atomic mass is 10.1. The Labute approximate surface area is 134 Å². The van der Waals surface area contributed by atoms with E-state index in [4.69, 9.17) is 5.26 Å². The highest BCUT2D eigenvalue weighted by atomic mass is 15.2. The van der Waals surface area contributed by atoms with Crippen molar-refractivity contribution in [3.63, 3.8) is 0 Å².